The van der Waals surface area contributed by atoms with Gasteiger partial charge in [-0.25, -0.2) is 0 Å². The second-order valence-corrected chi connectivity index (χ2v) is 26.7. The topological polar surface area (TPSA) is 307 Å². The van der Waals surface area contributed by atoms with Gasteiger partial charge in [0.1, 0.15) is 73.2 Å². The minimum absolute atomic E-state index is 0.211. The Labute approximate surface area is 578 Å². The van der Waals surface area contributed by atoms with E-state index in [1.807, 2.05) is 6.08 Å². The molecule has 3 heterocycles. The maximum Gasteiger partial charge on any atom is 0.220 e. The van der Waals surface area contributed by atoms with Crippen molar-refractivity contribution in [1.29, 1.82) is 0 Å². The fourth-order valence-corrected chi connectivity index (χ4v) is 12.3. The molecular formula is C77H135NO18. The standard InChI is InChI=1S/C77H135NO18/c1-3-5-7-9-11-13-15-17-19-21-23-24-25-26-27-28-29-30-31-32-33-34-35-37-38-40-42-44-46-48-50-52-54-61(82)60(78-65(83)55-53-51-49-47-45-43-41-39-36-22-20-18-16-14-12-10-8-6-4-2)59-91-75-71(89)68(86)73(63(57-80)93-75)96-77-72(90)69(87)74(64(58-81)94-77)95-76-70(88)67(85)66(84)62(56-79)92-76/h6,8,12,14,18,20,36-39,44,46,52,54,60-64,66-77,79-82,84-90H,3-5,7,9-11,13,15-17,19,21-35,40-43,45,47-51,53,55-59H2,1-2H3,(H,78,83)/b8-6-,14-12-,20-18-,38-37+,39-36-,46-44+,54-52+. The number of rotatable bonds is 58. The first-order chi connectivity index (χ1) is 46.8. The summed E-state index contributed by atoms with van der Waals surface area (Å²) in [6, 6.07) is -1.01. The Hall–Kier alpha value is -3.03. The summed E-state index contributed by atoms with van der Waals surface area (Å²) < 4.78 is 34.3. The first kappa shape index (κ1) is 87.2. The Morgan fingerprint density at radius 2 is 0.729 bits per heavy atom. The van der Waals surface area contributed by atoms with Gasteiger partial charge >= 0.3 is 0 Å². The van der Waals surface area contributed by atoms with Gasteiger partial charge in [-0.15, -0.1) is 0 Å². The van der Waals surface area contributed by atoms with Gasteiger partial charge in [-0.3, -0.25) is 4.79 Å². The number of allylic oxidation sites excluding steroid dienone is 13. The smallest absolute Gasteiger partial charge is 0.220 e. The van der Waals surface area contributed by atoms with Gasteiger partial charge in [-0.05, 0) is 83.5 Å². The van der Waals surface area contributed by atoms with Gasteiger partial charge in [0, 0.05) is 6.42 Å². The number of ether oxygens (including phenoxy) is 6. The van der Waals surface area contributed by atoms with Crippen LogP contribution >= 0.6 is 0 Å². The SMILES string of the molecule is CC/C=C\C/C=C\C/C=C\C/C=C\CCCCCCCCC(=O)NC(COC1OC(CO)C(OC2OC(CO)C(OC3OC(CO)C(O)C(O)C3O)C(O)C2O)C(O)C1O)C(O)/C=C/CC/C=C/CC/C=C/CCCCCCCCCCCCCCCCCCCCCCCC. The van der Waals surface area contributed by atoms with Crippen molar-refractivity contribution >= 4 is 5.91 Å². The van der Waals surface area contributed by atoms with E-state index in [0.29, 0.717) is 12.8 Å². The third-order valence-corrected chi connectivity index (χ3v) is 18.4. The molecule has 0 aromatic rings. The van der Waals surface area contributed by atoms with Gasteiger partial charge in [0.25, 0.3) is 0 Å². The molecule has 0 aromatic carbocycles. The summed E-state index contributed by atoms with van der Waals surface area (Å²) in [7, 11) is 0. The maximum absolute atomic E-state index is 13.4. The van der Waals surface area contributed by atoms with Crippen LogP contribution in [0.3, 0.4) is 0 Å². The Balaban J connectivity index is 1.41. The van der Waals surface area contributed by atoms with Crippen LogP contribution in [-0.2, 0) is 33.2 Å². The molecule has 556 valence electrons. The molecule has 0 aliphatic carbocycles. The highest BCUT2D eigenvalue weighted by molar-refractivity contribution is 5.76. The molecule has 3 saturated heterocycles. The monoisotopic (exact) mass is 1360 g/mol. The molecule has 3 rings (SSSR count). The number of aliphatic hydroxyl groups is 11. The van der Waals surface area contributed by atoms with Crippen LogP contribution in [0.1, 0.15) is 264 Å². The van der Waals surface area contributed by atoms with Crippen molar-refractivity contribution in [3.8, 4) is 0 Å². The van der Waals surface area contributed by atoms with E-state index in [4.69, 9.17) is 28.4 Å². The zero-order valence-corrected chi connectivity index (χ0v) is 59.1. The molecule has 1 amide bonds. The third kappa shape index (κ3) is 38.1. The van der Waals surface area contributed by atoms with Crippen molar-refractivity contribution in [2.45, 2.75) is 369 Å². The summed E-state index contributed by atoms with van der Waals surface area (Å²) in [4.78, 5) is 13.4. The second kappa shape index (κ2) is 57.6. The zero-order valence-electron chi connectivity index (χ0n) is 59.1. The van der Waals surface area contributed by atoms with Crippen molar-refractivity contribution in [3.63, 3.8) is 0 Å². The highest BCUT2D eigenvalue weighted by Crippen LogP contribution is 2.33. The van der Waals surface area contributed by atoms with Crippen LogP contribution in [0.25, 0.3) is 0 Å². The number of hydrogen-bond donors (Lipinski definition) is 12. The van der Waals surface area contributed by atoms with E-state index in [-0.39, 0.29) is 18.9 Å². The van der Waals surface area contributed by atoms with Gasteiger partial charge in [-0.1, -0.05) is 259 Å². The fraction of sp³-hybridized carbons (Fsp3) is 0.805. The van der Waals surface area contributed by atoms with Crippen LogP contribution in [0.15, 0.2) is 85.1 Å². The van der Waals surface area contributed by atoms with Crippen molar-refractivity contribution in [2.24, 2.45) is 0 Å². The molecule has 0 spiro atoms. The molecule has 17 atom stereocenters. The number of nitrogens with one attached hydrogen (secondary N) is 1. The number of amides is 1. The van der Waals surface area contributed by atoms with Crippen molar-refractivity contribution in [2.75, 3.05) is 26.4 Å². The average Bonchev–Trinajstić information content (AvgIpc) is 0.798. The molecule has 96 heavy (non-hydrogen) atoms. The largest absolute Gasteiger partial charge is 0.394 e. The van der Waals surface area contributed by atoms with E-state index in [1.54, 1.807) is 6.08 Å². The Morgan fingerprint density at radius 3 is 1.17 bits per heavy atom. The molecule has 12 N–H and O–H groups in total. The lowest BCUT2D eigenvalue weighted by Gasteiger charge is -2.48. The quantitative estimate of drug-likeness (QED) is 0.0199. The van der Waals surface area contributed by atoms with E-state index in [2.05, 4.69) is 92.1 Å². The molecule has 3 aliphatic rings. The molecule has 19 nitrogen and oxygen atoms in total. The van der Waals surface area contributed by atoms with E-state index in [1.165, 1.54) is 141 Å². The molecule has 0 radical (unpaired) electrons. The zero-order chi connectivity index (χ0) is 69.6. The summed E-state index contributed by atoms with van der Waals surface area (Å²) in [5, 5.41) is 121. The van der Waals surface area contributed by atoms with E-state index >= 15 is 0 Å². The second-order valence-electron chi connectivity index (χ2n) is 26.7. The highest BCUT2D eigenvalue weighted by Gasteiger charge is 2.53. The molecule has 17 unspecified atom stereocenters. The minimum atomic E-state index is -1.99. The van der Waals surface area contributed by atoms with Crippen LogP contribution < -0.4 is 5.32 Å². The Bertz CT molecular complexity index is 2070. The predicted molar refractivity (Wildman–Crippen MR) is 378 cm³/mol. The fourth-order valence-electron chi connectivity index (χ4n) is 12.3. The molecular weight excluding hydrogens is 1230 g/mol. The minimum Gasteiger partial charge on any atom is -0.394 e. The number of carbonyl (C=O) groups excluding carboxylic acids is 1. The Morgan fingerprint density at radius 1 is 0.385 bits per heavy atom. The number of carbonyl (C=O) groups is 1. The summed E-state index contributed by atoms with van der Waals surface area (Å²) in [6.45, 7) is 1.59. The maximum atomic E-state index is 13.4. The molecule has 19 heteroatoms. The van der Waals surface area contributed by atoms with Crippen LogP contribution in [0.2, 0.25) is 0 Å². The van der Waals surface area contributed by atoms with Crippen LogP contribution in [0, 0.1) is 0 Å². The average molecular weight is 1360 g/mol. The van der Waals surface area contributed by atoms with Crippen LogP contribution in [-0.4, -0.2) is 193 Å². The third-order valence-electron chi connectivity index (χ3n) is 18.4. The summed E-state index contributed by atoms with van der Waals surface area (Å²) in [5.41, 5.74) is 0. The first-order valence-electron chi connectivity index (χ1n) is 37.8. The lowest BCUT2D eigenvalue weighted by Crippen LogP contribution is -2.66. The number of aliphatic hydroxyl groups excluding tert-OH is 11. The first-order valence-corrected chi connectivity index (χ1v) is 37.8. The summed E-state index contributed by atoms with van der Waals surface area (Å²) in [6.07, 6.45) is 48.7. The lowest BCUT2D eigenvalue weighted by molar-refractivity contribution is -0.379. The molecule has 3 aliphatic heterocycles. The van der Waals surface area contributed by atoms with Gasteiger partial charge in [-0.2, -0.15) is 0 Å². The van der Waals surface area contributed by atoms with E-state index < -0.39 is 124 Å². The summed E-state index contributed by atoms with van der Waals surface area (Å²) >= 11 is 0. The number of unbranched alkanes of at least 4 members (excludes halogenated alkanes) is 30. The Kier molecular flexibility index (Phi) is 52.3. The van der Waals surface area contributed by atoms with Gasteiger partial charge < -0.3 is 89.9 Å². The van der Waals surface area contributed by atoms with Crippen molar-refractivity contribution in [3.05, 3.63) is 85.1 Å². The lowest BCUT2D eigenvalue weighted by atomic mass is 9.96. The van der Waals surface area contributed by atoms with Crippen molar-refractivity contribution in [1.82, 2.24) is 5.32 Å². The number of hydrogen-bond acceptors (Lipinski definition) is 18. The molecule has 0 aromatic heterocycles. The normalized spacial score (nSPS) is 27.5. The van der Waals surface area contributed by atoms with E-state index in [0.717, 1.165) is 89.9 Å². The van der Waals surface area contributed by atoms with Crippen LogP contribution in [0.5, 0.6) is 0 Å². The molecule has 3 fully saturated rings. The van der Waals surface area contributed by atoms with Crippen LogP contribution in [0.4, 0.5) is 0 Å². The highest BCUT2D eigenvalue weighted by atomic mass is 16.8. The van der Waals surface area contributed by atoms with E-state index in [9.17, 15) is 61.0 Å². The molecule has 0 bridgehead atoms. The predicted octanol–water partition coefficient (Wildman–Crippen LogP) is 11.4. The van der Waals surface area contributed by atoms with Gasteiger partial charge in [0.15, 0.2) is 18.9 Å². The summed E-state index contributed by atoms with van der Waals surface area (Å²) in [5.74, 6) is -0.305. The van der Waals surface area contributed by atoms with Crippen molar-refractivity contribution < 1.29 is 89.4 Å². The van der Waals surface area contributed by atoms with Gasteiger partial charge in [0.2, 0.25) is 5.91 Å². The van der Waals surface area contributed by atoms with Gasteiger partial charge in [0.05, 0.1) is 38.6 Å². The molecule has 0 saturated carbocycles.